The van der Waals surface area contributed by atoms with Crippen LogP contribution in [0.2, 0.25) is 0 Å². The maximum Gasteiger partial charge on any atom is 0.323 e. The summed E-state index contributed by atoms with van der Waals surface area (Å²) in [5.41, 5.74) is 6.79. The number of hydrogen-bond acceptors (Lipinski definition) is 4. The second kappa shape index (κ2) is 4.65. The quantitative estimate of drug-likeness (QED) is 0.744. The first-order valence-corrected chi connectivity index (χ1v) is 5.65. The molecule has 0 aliphatic heterocycles. The molecule has 1 saturated carbocycles. The minimum atomic E-state index is -0.589. The van der Waals surface area contributed by atoms with Gasteiger partial charge in [0.05, 0.1) is 12.9 Å². The van der Waals surface area contributed by atoms with Crippen LogP contribution in [-0.2, 0) is 16.0 Å². The van der Waals surface area contributed by atoms with Crippen LogP contribution in [0.4, 0.5) is 0 Å². The van der Waals surface area contributed by atoms with Crippen LogP contribution in [0.3, 0.4) is 0 Å². The molecule has 1 aliphatic carbocycles. The number of carbonyl (C=O) groups is 1. The average Bonchev–Trinajstić information content (AvgIpc) is 3.00. The van der Waals surface area contributed by atoms with E-state index in [1.54, 1.807) is 13.1 Å². The number of nitrogens with two attached hydrogens (primary N) is 1. The highest BCUT2D eigenvalue weighted by Crippen LogP contribution is 2.35. The third kappa shape index (κ3) is 2.41. The van der Waals surface area contributed by atoms with Crippen LogP contribution in [0.5, 0.6) is 0 Å². The van der Waals surface area contributed by atoms with Crippen molar-refractivity contribution in [3.05, 3.63) is 18.2 Å². The monoisotopic (exact) mass is 223 g/mol. The van der Waals surface area contributed by atoms with E-state index in [2.05, 4.69) is 9.55 Å². The molecule has 1 atom stereocenters. The number of rotatable bonds is 5. The lowest BCUT2D eigenvalue weighted by Gasteiger charge is -2.11. The number of ether oxygens (including phenoxy) is 1. The van der Waals surface area contributed by atoms with Crippen LogP contribution < -0.4 is 5.73 Å². The molecule has 5 nitrogen and oxygen atoms in total. The molecule has 2 rings (SSSR count). The molecule has 88 valence electrons. The van der Waals surface area contributed by atoms with Gasteiger partial charge in [-0.15, -0.1) is 0 Å². The summed E-state index contributed by atoms with van der Waals surface area (Å²) in [6.07, 6.45) is 6.47. The molecule has 16 heavy (non-hydrogen) atoms. The van der Waals surface area contributed by atoms with Crippen molar-refractivity contribution < 1.29 is 9.53 Å². The largest absolute Gasteiger partial charge is 0.465 e. The normalized spacial score (nSPS) is 17.1. The Morgan fingerprint density at radius 1 is 1.75 bits per heavy atom. The summed E-state index contributed by atoms with van der Waals surface area (Å²) >= 11 is 0. The SMILES string of the molecule is CCOC(=O)C(N)Cc1cncn1C1CC1. The molecule has 0 saturated heterocycles. The Balaban J connectivity index is 1.97. The van der Waals surface area contributed by atoms with Crippen molar-refractivity contribution in [2.24, 2.45) is 5.73 Å². The van der Waals surface area contributed by atoms with Crippen LogP contribution in [0, 0.1) is 0 Å². The van der Waals surface area contributed by atoms with Crippen LogP contribution in [0.1, 0.15) is 31.5 Å². The van der Waals surface area contributed by atoms with E-state index in [-0.39, 0.29) is 5.97 Å². The summed E-state index contributed by atoms with van der Waals surface area (Å²) < 4.78 is 6.99. The molecule has 0 radical (unpaired) electrons. The fourth-order valence-corrected chi connectivity index (χ4v) is 1.73. The Morgan fingerprint density at radius 2 is 2.50 bits per heavy atom. The summed E-state index contributed by atoms with van der Waals surface area (Å²) in [6.45, 7) is 2.15. The lowest BCUT2D eigenvalue weighted by molar-refractivity contribution is -0.144. The molecule has 0 aromatic carbocycles. The third-order valence-corrected chi connectivity index (χ3v) is 2.70. The smallest absolute Gasteiger partial charge is 0.323 e. The second-order valence-corrected chi connectivity index (χ2v) is 4.09. The van der Waals surface area contributed by atoms with Crippen molar-refractivity contribution >= 4 is 5.97 Å². The van der Waals surface area contributed by atoms with E-state index in [0.29, 0.717) is 19.1 Å². The van der Waals surface area contributed by atoms with Gasteiger partial charge in [-0.3, -0.25) is 4.79 Å². The third-order valence-electron chi connectivity index (χ3n) is 2.70. The molecule has 1 unspecified atom stereocenters. The lowest BCUT2D eigenvalue weighted by atomic mass is 10.2. The zero-order chi connectivity index (χ0) is 11.5. The molecule has 0 amide bonds. The van der Waals surface area contributed by atoms with Gasteiger partial charge in [0.2, 0.25) is 0 Å². The first-order valence-electron chi connectivity index (χ1n) is 5.65. The van der Waals surface area contributed by atoms with Gasteiger partial charge in [0.15, 0.2) is 0 Å². The molecule has 1 fully saturated rings. The maximum atomic E-state index is 11.4. The van der Waals surface area contributed by atoms with Gasteiger partial charge in [-0.05, 0) is 19.8 Å². The minimum absolute atomic E-state index is 0.342. The van der Waals surface area contributed by atoms with Gasteiger partial charge in [0.1, 0.15) is 6.04 Å². The predicted octanol–water partition coefficient (Wildman–Crippen LogP) is 0.651. The Hall–Kier alpha value is -1.36. The highest BCUT2D eigenvalue weighted by atomic mass is 16.5. The first kappa shape index (κ1) is 11.1. The van der Waals surface area contributed by atoms with Gasteiger partial charge in [0.25, 0.3) is 0 Å². The number of imidazole rings is 1. The minimum Gasteiger partial charge on any atom is -0.465 e. The molecule has 2 N–H and O–H groups in total. The Bertz CT molecular complexity index is 371. The molecule has 1 aromatic rings. The number of carbonyl (C=O) groups excluding carboxylic acids is 1. The summed E-state index contributed by atoms with van der Waals surface area (Å²) in [5.74, 6) is -0.342. The summed E-state index contributed by atoms with van der Waals surface area (Å²) in [7, 11) is 0. The van der Waals surface area contributed by atoms with Crippen LogP contribution in [-0.4, -0.2) is 28.2 Å². The Labute approximate surface area is 94.6 Å². The Morgan fingerprint density at radius 3 is 3.12 bits per heavy atom. The number of nitrogens with zero attached hydrogens (tertiary/aromatic N) is 2. The van der Waals surface area contributed by atoms with E-state index >= 15 is 0 Å². The summed E-state index contributed by atoms with van der Waals surface area (Å²) in [6, 6.07) is -0.0268. The van der Waals surface area contributed by atoms with Crippen molar-refractivity contribution in [1.82, 2.24) is 9.55 Å². The van der Waals surface area contributed by atoms with Gasteiger partial charge >= 0.3 is 5.97 Å². The second-order valence-electron chi connectivity index (χ2n) is 4.09. The zero-order valence-corrected chi connectivity index (χ0v) is 9.43. The van der Waals surface area contributed by atoms with E-state index in [1.807, 2.05) is 6.33 Å². The standard InChI is InChI=1S/C11H17N3O2/c1-2-16-11(15)10(12)5-9-6-13-7-14(9)8-3-4-8/h6-8,10H,2-5,12H2,1H3. The highest BCUT2D eigenvalue weighted by molar-refractivity contribution is 5.75. The van der Waals surface area contributed by atoms with Gasteiger partial charge < -0.3 is 15.0 Å². The fraction of sp³-hybridized carbons (Fsp3) is 0.636. The van der Waals surface area contributed by atoms with E-state index in [9.17, 15) is 4.79 Å². The topological polar surface area (TPSA) is 70.1 Å². The number of aromatic nitrogens is 2. The van der Waals surface area contributed by atoms with E-state index in [0.717, 1.165) is 5.69 Å². The molecule has 0 spiro atoms. The molecule has 1 heterocycles. The van der Waals surface area contributed by atoms with E-state index < -0.39 is 6.04 Å². The summed E-state index contributed by atoms with van der Waals surface area (Å²) in [4.78, 5) is 15.5. The molecule has 1 aromatic heterocycles. The lowest BCUT2D eigenvalue weighted by Crippen LogP contribution is -2.35. The fourth-order valence-electron chi connectivity index (χ4n) is 1.73. The first-order chi connectivity index (χ1) is 7.72. The number of hydrogen-bond donors (Lipinski definition) is 1. The summed E-state index contributed by atoms with van der Waals surface area (Å²) in [5, 5.41) is 0. The van der Waals surface area contributed by atoms with Crippen molar-refractivity contribution in [1.29, 1.82) is 0 Å². The highest BCUT2D eigenvalue weighted by Gasteiger charge is 2.26. The maximum absolute atomic E-state index is 11.4. The Kier molecular flexibility index (Phi) is 3.24. The van der Waals surface area contributed by atoms with Crippen LogP contribution in [0.15, 0.2) is 12.5 Å². The molecular formula is C11H17N3O2. The van der Waals surface area contributed by atoms with Gasteiger partial charge in [-0.25, -0.2) is 4.98 Å². The zero-order valence-electron chi connectivity index (χ0n) is 9.43. The van der Waals surface area contributed by atoms with Gasteiger partial charge in [0, 0.05) is 24.4 Å². The molecule has 5 heteroatoms. The van der Waals surface area contributed by atoms with Gasteiger partial charge in [-0.2, -0.15) is 0 Å². The molecular weight excluding hydrogens is 206 g/mol. The number of esters is 1. The average molecular weight is 223 g/mol. The van der Waals surface area contributed by atoms with Crippen molar-refractivity contribution in [2.45, 2.75) is 38.3 Å². The van der Waals surface area contributed by atoms with Crippen molar-refractivity contribution in [3.63, 3.8) is 0 Å². The predicted molar refractivity (Wildman–Crippen MR) is 58.8 cm³/mol. The molecule has 0 bridgehead atoms. The van der Waals surface area contributed by atoms with Crippen LogP contribution >= 0.6 is 0 Å². The van der Waals surface area contributed by atoms with Gasteiger partial charge in [-0.1, -0.05) is 0 Å². The van der Waals surface area contributed by atoms with Crippen LogP contribution in [0.25, 0.3) is 0 Å². The van der Waals surface area contributed by atoms with E-state index in [4.69, 9.17) is 10.5 Å². The van der Waals surface area contributed by atoms with Crippen molar-refractivity contribution in [2.75, 3.05) is 6.61 Å². The van der Waals surface area contributed by atoms with E-state index in [1.165, 1.54) is 12.8 Å². The molecule has 1 aliphatic rings. The van der Waals surface area contributed by atoms with Crippen molar-refractivity contribution in [3.8, 4) is 0 Å².